The van der Waals surface area contributed by atoms with Gasteiger partial charge in [0.25, 0.3) is 0 Å². The zero-order valence-electron chi connectivity index (χ0n) is 11.1. The SMILES string of the molecule is Cc1cc(N2C3CCC2CC(CC(=O)O)C3)ncn1. The van der Waals surface area contributed by atoms with Gasteiger partial charge in [-0.25, -0.2) is 9.97 Å². The minimum Gasteiger partial charge on any atom is -0.481 e. The molecular weight excluding hydrogens is 242 g/mol. The molecule has 0 saturated carbocycles. The lowest BCUT2D eigenvalue weighted by molar-refractivity contribution is -0.138. The third-order valence-electron chi connectivity index (χ3n) is 4.35. The van der Waals surface area contributed by atoms with Crippen LogP contribution in [0.3, 0.4) is 0 Å². The van der Waals surface area contributed by atoms with Gasteiger partial charge in [-0.3, -0.25) is 4.79 Å². The zero-order valence-corrected chi connectivity index (χ0v) is 11.1. The Labute approximate surface area is 112 Å². The molecule has 0 amide bonds. The zero-order chi connectivity index (χ0) is 13.4. The maximum atomic E-state index is 10.9. The Morgan fingerprint density at radius 2 is 2.05 bits per heavy atom. The molecule has 0 aliphatic carbocycles. The van der Waals surface area contributed by atoms with Gasteiger partial charge in [0.15, 0.2) is 0 Å². The van der Waals surface area contributed by atoms with Crippen molar-refractivity contribution < 1.29 is 9.90 Å². The van der Waals surface area contributed by atoms with Gasteiger partial charge in [0.05, 0.1) is 0 Å². The molecule has 2 aliphatic heterocycles. The van der Waals surface area contributed by atoms with E-state index < -0.39 is 5.97 Å². The number of aromatic nitrogens is 2. The summed E-state index contributed by atoms with van der Waals surface area (Å²) in [6.45, 7) is 1.98. The number of hydrogen-bond acceptors (Lipinski definition) is 4. The fourth-order valence-corrected chi connectivity index (χ4v) is 3.66. The Balaban J connectivity index is 1.78. The number of hydrogen-bond donors (Lipinski definition) is 1. The number of nitrogens with zero attached hydrogens (tertiary/aromatic N) is 3. The number of aliphatic carboxylic acids is 1. The van der Waals surface area contributed by atoms with Crippen LogP contribution in [0.25, 0.3) is 0 Å². The number of carboxylic acids is 1. The second kappa shape index (κ2) is 4.79. The van der Waals surface area contributed by atoms with Gasteiger partial charge < -0.3 is 10.0 Å². The van der Waals surface area contributed by atoms with Crippen molar-refractivity contribution >= 4 is 11.8 Å². The van der Waals surface area contributed by atoms with E-state index >= 15 is 0 Å². The fourth-order valence-electron chi connectivity index (χ4n) is 3.66. The molecule has 102 valence electrons. The van der Waals surface area contributed by atoms with Crippen molar-refractivity contribution in [3.63, 3.8) is 0 Å². The van der Waals surface area contributed by atoms with Crippen molar-refractivity contribution in [3.05, 3.63) is 18.1 Å². The molecule has 1 N–H and O–H groups in total. The third kappa shape index (κ3) is 2.41. The molecule has 0 aromatic carbocycles. The van der Waals surface area contributed by atoms with Gasteiger partial charge in [0.2, 0.25) is 0 Å². The average Bonchev–Trinajstić information content (AvgIpc) is 2.61. The summed E-state index contributed by atoms with van der Waals surface area (Å²) in [6.07, 6.45) is 6.20. The minimum atomic E-state index is -0.671. The van der Waals surface area contributed by atoms with E-state index in [1.54, 1.807) is 6.33 Å². The Bertz CT molecular complexity index is 477. The van der Waals surface area contributed by atoms with E-state index in [9.17, 15) is 4.79 Å². The first kappa shape index (κ1) is 12.4. The van der Waals surface area contributed by atoms with Crippen molar-refractivity contribution in [2.75, 3.05) is 4.90 Å². The number of anilines is 1. The van der Waals surface area contributed by atoms with Crippen molar-refractivity contribution in [1.82, 2.24) is 9.97 Å². The summed E-state index contributed by atoms with van der Waals surface area (Å²) in [5.41, 5.74) is 0.983. The van der Waals surface area contributed by atoms with Crippen LogP contribution >= 0.6 is 0 Å². The van der Waals surface area contributed by atoms with Gasteiger partial charge >= 0.3 is 5.97 Å². The largest absolute Gasteiger partial charge is 0.481 e. The van der Waals surface area contributed by atoms with Crippen LogP contribution in [-0.4, -0.2) is 33.1 Å². The Hall–Kier alpha value is -1.65. The molecule has 0 spiro atoms. The summed E-state index contributed by atoms with van der Waals surface area (Å²) in [6, 6.07) is 2.94. The highest BCUT2D eigenvalue weighted by molar-refractivity contribution is 5.67. The highest BCUT2D eigenvalue weighted by Crippen LogP contribution is 2.41. The molecule has 19 heavy (non-hydrogen) atoms. The van der Waals surface area contributed by atoms with Gasteiger partial charge in [-0.2, -0.15) is 0 Å². The van der Waals surface area contributed by atoms with E-state index in [-0.39, 0.29) is 0 Å². The summed E-state index contributed by atoms with van der Waals surface area (Å²) in [7, 11) is 0. The first-order chi connectivity index (χ1) is 9.13. The maximum Gasteiger partial charge on any atom is 0.303 e. The lowest BCUT2D eigenvalue weighted by Crippen LogP contribution is -2.43. The standard InChI is InChI=1S/C14H19N3O2/c1-9-4-13(16-8-15-9)17-11-2-3-12(17)6-10(5-11)7-14(18)19/h4,8,10-12H,2-3,5-7H2,1H3,(H,18,19). The quantitative estimate of drug-likeness (QED) is 0.901. The van der Waals surface area contributed by atoms with Crippen LogP contribution in [0.4, 0.5) is 5.82 Å². The van der Waals surface area contributed by atoms with Gasteiger partial charge in [-0.05, 0) is 38.5 Å². The monoisotopic (exact) mass is 261 g/mol. The number of carboxylic acid groups (broad SMARTS) is 1. The molecular formula is C14H19N3O2. The predicted octanol–water partition coefficient (Wildman–Crippen LogP) is 2.01. The fraction of sp³-hybridized carbons (Fsp3) is 0.643. The highest BCUT2D eigenvalue weighted by Gasteiger charge is 2.41. The maximum absolute atomic E-state index is 10.9. The number of rotatable bonds is 3. The Morgan fingerprint density at radius 3 is 2.63 bits per heavy atom. The van der Waals surface area contributed by atoms with Crippen LogP contribution in [0, 0.1) is 12.8 Å². The van der Waals surface area contributed by atoms with Crippen LogP contribution < -0.4 is 4.90 Å². The molecule has 3 heterocycles. The molecule has 2 saturated heterocycles. The Morgan fingerprint density at radius 1 is 1.37 bits per heavy atom. The molecule has 5 nitrogen and oxygen atoms in total. The second-order valence-corrected chi connectivity index (χ2v) is 5.75. The van der Waals surface area contributed by atoms with E-state index in [0.29, 0.717) is 24.4 Å². The predicted molar refractivity (Wildman–Crippen MR) is 71.0 cm³/mol. The molecule has 2 atom stereocenters. The van der Waals surface area contributed by atoms with E-state index in [2.05, 4.69) is 14.9 Å². The van der Waals surface area contributed by atoms with Crippen LogP contribution in [0.5, 0.6) is 0 Å². The van der Waals surface area contributed by atoms with Gasteiger partial charge in [-0.15, -0.1) is 0 Å². The smallest absolute Gasteiger partial charge is 0.303 e. The van der Waals surface area contributed by atoms with Gasteiger partial charge in [0, 0.05) is 30.3 Å². The lowest BCUT2D eigenvalue weighted by Gasteiger charge is -2.39. The van der Waals surface area contributed by atoms with Gasteiger partial charge in [0.1, 0.15) is 12.1 Å². The first-order valence-electron chi connectivity index (χ1n) is 6.92. The summed E-state index contributed by atoms with van der Waals surface area (Å²) >= 11 is 0. The normalized spacial score (nSPS) is 29.5. The number of fused-ring (bicyclic) bond motifs is 2. The van der Waals surface area contributed by atoms with Crippen molar-refractivity contribution in [2.24, 2.45) is 5.92 Å². The number of piperidine rings is 1. The summed E-state index contributed by atoms with van der Waals surface area (Å²) in [5, 5.41) is 8.94. The summed E-state index contributed by atoms with van der Waals surface area (Å²) in [5.74, 6) is 0.665. The first-order valence-corrected chi connectivity index (χ1v) is 6.92. The third-order valence-corrected chi connectivity index (χ3v) is 4.35. The minimum absolute atomic E-state index is 0.309. The molecule has 1 aromatic heterocycles. The lowest BCUT2D eigenvalue weighted by atomic mass is 9.88. The number of aryl methyl sites for hydroxylation is 1. The van der Waals surface area contributed by atoms with Crippen LogP contribution in [-0.2, 0) is 4.79 Å². The van der Waals surface area contributed by atoms with E-state index in [0.717, 1.165) is 37.2 Å². The number of carbonyl (C=O) groups is 1. The van der Waals surface area contributed by atoms with Crippen LogP contribution in [0.1, 0.15) is 37.8 Å². The van der Waals surface area contributed by atoms with Crippen LogP contribution in [0.15, 0.2) is 12.4 Å². The van der Waals surface area contributed by atoms with E-state index in [4.69, 9.17) is 5.11 Å². The molecule has 3 rings (SSSR count). The molecule has 2 bridgehead atoms. The molecule has 2 fully saturated rings. The van der Waals surface area contributed by atoms with Crippen molar-refractivity contribution in [1.29, 1.82) is 0 Å². The Kier molecular flexibility index (Phi) is 3.12. The van der Waals surface area contributed by atoms with Crippen LogP contribution in [0.2, 0.25) is 0 Å². The van der Waals surface area contributed by atoms with Crippen molar-refractivity contribution in [3.8, 4) is 0 Å². The molecule has 1 aromatic rings. The molecule has 2 aliphatic rings. The molecule has 0 radical (unpaired) electrons. The van der Waals surface area contributed by atoms with E-state index in [1.165, 1.54) is 0 Å². The van der Waals surface area contributed by atoms with E-state index in [1.807, 2.05) is 13.0 Å². The summed E-state index contributed by atoms with van der Waals surface area (Å²) in [4.78, 5) is 21.8. The summed E-state index contributed by atoms with van der Waals surface area (Å²) < 4.78 is 0. The molecule has 5 heteroatoms. The van der Waals surface area contributed by atoms with Gasteiger partial charge in [-0.1, -0.05) is 0 Å². The topological polar surface area (TPSA) is 66.3 Å². The van der Waals surface area contributed by atoms with Crippen molar-refractivity contribution in [2.45, 2.75) is 51.1 Å². The molecule has 2 unspecified atom stereocenters. The highest BCUT2D eigenvalue weighted by atomic mass is 16.4. The average molecular weight is 261 g/mol. The second-order valence-electron chi connectivity index (χ2n) is 5.75.